The molecule has 100 valence electrons. The summed E-state index contributed by atoms with van der Waals surface area (Å²) in [5, 5.41) is 0.252. The average Bonchev–Trinajstić information content (AvgIpc) is 2.40. The molecule has 0 bridgehead atoms. The van der Waals surface area contributed by atoms with Gasteiger partial charge in [0.05, 0.1) is 27.4 Å². The molecule has 0 amide bonds. The number of anilines is 1. The summed E-state index contributed by atoms with van der Waals surface area (Å²) in [5.41, 5.74) is 7.18. The van der Waals surface area contributed by atoms with E-state index in [9.17, 15) is 9.59 Å². The van der Waals surface area contributed by atoms with E-state index in [1.807, 2.05) is 0 Å². The highest BCUT2D eigenvalue weighted by Crippen LogP contribution is 2.40. The van der Waals surface area contributed by atoms with Gasteiger partial charge in [-0.3, -0.25) is 9.59 Å². The minimum atomic E-state index is -0.334. The van der Waals surface area contributed by atoms with Crippen LogP contribution in [0.4, 0.5) is 5.69 Å². The molecule has 2 aromatic rings. The smallest absolute Gasteiger partial charge is 0.198 e. The van der Waals surface area contributed by atoms with Crippen LogP contribution in [0.25, 0.3) is 0 Å². The summed E-state index contributed by atoms with van der Waals surface area (Å²) < 4.78 is 1.08. The van der Waals surface area contributed by atoms with Crippen LogP contribution in [0.5, 0.6) is 0 Å². The Morgan fingerprint density at radius 3 is 2.35 bits per heavy atom. The predicted molar refractivity (Wildman–Crippen MR) is 84.6 cm³/mol. The maximum Gasteiger partial charge on any atom is 0.198 e. The fourth-order valence-corrected chi connectivity index (χ4v) is 3.90. The van der Waals surface area contributed by atoms with Crippen molar-refractivity contribution < 1.29 is 9.59 Å². The van der Waals surface area contributed by atoms with E-state index < -0.39 is 0 Å². The van der Waals surface area contributed by atoms with Crippen LogP contribution in [0, 0.1) is 0 Å². The van der Waals surface area contributed by atoms with Gasteiger partial charge in [0.25, 0.3) is 0 Å². The molecule has 0 heterocycles. The van der Waals surface area contributed by atoms with Crippen molar-refractivity contribution in [2.24, 2.45) is 0 Å². The fourth-order valence-electron chi connectivity index (χ4n) is 2.30. The van der Waals surface area contributed by atoms with Gasteiger partial charge in [-0.25, -0.2) is 0 Å². The van der Waals surface area contributed by atoms with Crippen LogP contribution in [0.1, 0.15) is 31.8 Å². The van der Waals surface area contributed by atoms with Crippen molar-refractivity contribution in [3.05, 3.63) is 60.5 Å². The predicted octanol–water partition coefficient (Wildman–Crippen LogP) is 4.22. The number of nitrogen functional groups attached to an aromatic ring is 1. The molecule has 0 atom stereocenters. The lowest BCUT2D eigenvalue weighted by Crippen LogP contribution is -2.23. The number of ketones is 2. The van der Waals surface area contributed by atoms with Crippen LogP contribution in [0.15, 0.2) is 33.2 Å². The van der Waals surface area contributed by atoms with Crippen molar-refractivity contribution in [2.45, 2.75) is 0 Å². The normalized spacial score (nSPS) is 13.2. The Morgan fingerprint density at radius 1 is 0.950 bits per heavy atom. The molecule has 1 aliphatic rings. The topological polar surface area (TPSA) is 60.2 Å². The molecule has 0 spiro atoms. The van der Waals surface area contributed by atoms with Gasteiger partial charge < -0.3 is 5.73 Å². The first-order chi connectivity index (χ1) is 9.43. The minimum absolute atomic E-state index is 0.192. The SMILES string of the molecule is Nc1c(Br)cc(Br)c2c1C(=O)c1c(Cl)cccc1C2=O. The summed E-state index contributed by atoms with van der Waals surface area (Å²) in [6, 6.07) is 6.48. The molecule has 0 saturated heterocycles. The van der Waals surface area contributed by atoms with Crippen molar-refractivity contribution in [3.8, 4) is 0 Å². The number of carbonyl (C=O) groups excluding carboxylic acids is 2. The number of carbonyl (C=O) groups is 2. The Hall–Kier alpha value is -1.17. The Balaban J connectivity index is 2.45. The molecule has 6 heteroatoms. The lowest BCUT2D eigenvalue weighted by Gasteiger charge is -2.21. The van der Waals surface area contributed by atoms with Gasteiger partial charge in [0.15, 0.2) is 11.6 Å². The first-order valence-corrected chi connectivity index (χ1v) is 7.55. The number of fused-ring (bicyclic) bond motifs is 2. The highest BCUT2D eigenvalue weighted by Gasteiger charge is 2.35. The van der Waals surface area contributed by atoms with E-state index in [0.717, 1.165) is 0 Å². The lowest BCUT2D eigenvalue weighted by molar-refractivity contribution is 0.0979. The van der Waals surface area contributed by atoms with Crippen LogP contribution in [0.3, 0.4) is 0 Å². The summed E-state index contributed by atoms with van der Waals surface area (Å²) in [7, 11) is 0. The lowest BCUT2D eigenvalue weighted by atomic mass is 9.83. The summed E-state index contributed by atoms with van der Waals surface area (Å²) in [4.78, 5) is 25.2. The molecule has 3 rings (SSSR count). The Bertz CT molecular complexity index is 802. The van der Waals surface area contributed by atoms with Gasteiger partial charge in [-0.05, 0) is 44.0 Å². The van der Waals surface area contributed by atoms with Gasteiger partial charge in [-0.1, -0.05) is 23.7 Å². The van der Waals surface area contributed by atoms with Crippen molar-refractivity contribution >= 4 is 60.7 Å². The van der Waals surface area contributed by atoms with E-state index in [-0.39, 0.29) is 39.0 Å². The molecule has 0 saturated carbocycles. The third kappa shape index (κ3) is 1.77. The van der Waals surface area contributed by atoms with E-state index in [2.05, 4.69) is 31.9 Å². The molecule has 0 aliphatic heterocycles. The standard InChI is InChI=1S/C14H6Br2ClNO2/c15-6-4-7(16)12(18)11-10(6)13(19)5-2-1-3-8(17)9(5)14(11)20/h1-4H,18H2. The second-order valence-electron chi connectivity index (χ2n) is 4.32. The van der Waals surface area contributed by atoms with Gasteiger partial charge in [0, 0.05) is 14.5 Å². The van der Waals surface area contributed by atoms with E-state index in [0.29, 0.717) is 14.5 Å². The summed E-state index contributed by atoms with van der Waals surface area (Å²) >= 11 is 12.7. The van der Waals surface area contributed by atoms with E-state index in [4.69, 9.17) is 17.3 Å². The molecule has 0 unspecified atom stereocenters. The zero-order chi connectivity index (χ0) is 14.6. The van der Waals surface area contributed by atoms with Crippen molar-refractivity contribution in [3.63, 3.8) is 0 Å². The van der Waals surface area contributed by atoms with Crippen LogP contribution in [0.2, 0.25) is 5.02 Å². The highest BCUT2D eigenvalue weighted by molar-refractivity contribution is 9.11. The first-order valence-electron chi connectivity index (χ1n) is 5.59. The third-order valence-corrected chi connectivity index (χ3v) is 4.80. The molecular formula is C14H6Br2ClNO2. The number of hydrogen-bond acceptors (Lipinski definition) is 3. The molecule has 0 fully saturated rings. The number of halogens is 3. The van der Waals surface area contributed by atoms with Crippen molar-refractivity contribution in [1.82, 2.24) is 0 Å². The van der Waals surface area contributed by atoms with E-state index in [1.165, 1.54) is 0 Å². The maximum absolute atomic E-state index is 12.6. The van der Waals surface area contributed by atoms with Gasteiger partial charge in [-0.2, -0.15) is 0 Å². The summed E-state index contributed by atoms with van der Waals surface area (Å²) in [6.45, 7) is 0. The van der Waals surface area contributed by atoms with Crippen molar-refractivity contribution in [1.29, 1.82) is 0 Å². The average molecular weight is 415 g/mol. The second-order valence-corrected chi connectivity index (χ2v) is 6.44. The fraction of sp³-hybridized carbons (Fsp3) is 0. The minimum Gasteiger partial charge on any atom is -0.397 e. The van der Waals surface area contributed by atoms with E-state index >= 15 is 0 Å². The van der Waals surface area contributed by atoms with Gasteiger partial charge in [0.2, 0.25) is 0 Å². The molecule has 20 heavy (non-hydrogen) atoms. The maximum atomic E-state index is 12.6. The van der Waals surface area contributed by atoms with E-state index in [1.54, 1.807) is 24.3 Å². The Morgan fingerprint density at radius 2 is 1.65 bits per heavy atom. The quantitative estimate of drug-likeness (QED) is 0.559. The number of rotatable bonds is 0. The van der Waals surface area contributed by atoms with Gasteiger partial charge in [0.1, 0.15) is 0 Å². The Kier molecular flexibility index (Phi) is 3.23. The van der Waals surface area contributed by atoms with Crippen LogP contribution < -0.4 is 5.73 Å². The molecular weight excluding hydrogens is 409 g/mol. The molecule has 3 nitrogen and oxygen atoms in total. The summed E-state index contributed by atoms with van der Waals surface area (Å²) in [5.74, 6) is -0.595. The van der Waals surface area contributed by atoms with Crippen LogP contribution in [-0.4, -0.2) is 11.6 Å². The zero-order valence-corrected chi connectivity index (χ0v) is 13.8. The van der Waals surface area contributed by atoms with Crippen molar-refractivity contribution in [2.75, 3.05) is 5.73 Å². The summed E-state index contributed by atoms with van der Waals surface area (Å²) in [6.07, 6.45) is 0. The molecule has 0 radical (unpaired) electrons. The largest absolute Gasteiger partial charge is 0.397 e. The molecule has 1 aliphatic carbocycles. The molecule has 2 aromatic carbocycles. The molecule has 2 N–H and O–H groups in total. The zero-order valence-electron chi connectivity index (χ0n) is 9.84. The van der Waals surface area contributed by atoms with Crippen LogP contribution in [-0.2, 0) is 0 Å². The van der Waals surface area contributed by atoms with Gasteiger partial charge in [-0.15, -0.1) is 0 Å². The van der Waals surface area contributed by atoms with Crippen LogP contribution >= 0.6 is 43.5 Å². The second kappa shape index (κ2) is 4.69. The number of hydrogen-bond donors (Lipinski definition) is 1. The number of nitrogens with two attached hydrogens (primary N) is 1. The molecule has 0 aromatic heterocycles. The van der Waals surface area contributed by atoms with Gasteiger partial charge >= 0.3 is 0 Å². The first kappa shape index (κ1) is 13.8. The Labute approximate surface area is 136 Å². The number of benzene rings is 2. The highest BCUT2D eigenvalue weighted by atomic mass is 79.9. The monoisotopic (exact) mass is 413 g/mol. The third-order valence-electron chi connectivity index (χ3n) is 3.21.